The van der Waals surface area contributed by atoms with Crippen LogP contribution in [0.15, 0.2) is 58.2 Å². The van der Waals surface area contributed by atoms with Crippen molar-refractivity contribution in [3.63, 3.8) is 0 Å². The van der Waals surface area contributed by atoms with Gasteiger partial charge in [-0.15, -0.1) is 10.2 Å². The third kappa shape index (κ3) is 5.18. The molecular weight excluding hydrogens is 360 g/mol. The van der Waals surface area contributed by atoms with Gasteiger partial charge in [0, 0.05) is 12.1 Å². The van der Waals surface area contributed by atoms with E-state index < -0.39 is 0 Å². The second-order valence-corrected chi connectivity index (χ2v) is 7.30. The van der Waals surface area contributed by atoms with Gasteiger partial charge in [0.05, 0.1) is 5.75 Å². The Morgan fingerprint density at radius 3 is 2.70 bits per heavy atom. The number of quaternary nitrogens is 1. The highest BCUT2D eigenvalue weighted by Crippen LogP contribution is 2.22. The first-order valence-electron chi connectivity index (χ1n) is 8.72. The van der Waals surface area contributed by atoms with Crippen molar-refractivity contribution in [2.24, 2.45) is 0 Å². The maximum atomic E-state index is 12.2. The van der Waals surface area contributed by atoms with Crippen LogP contribution < -0.4 is 11.1 Å². The molecule has 3 aromatic rings. The van der Waals surface area contributed by atoms with E-state index in [1.807, 2.05) is 62.4 Å². The second kappa shape index (κ2) is 8.83. The summed E-state index contributed by atoms with van der Waals surface area (Å²) >= 11 is 1.22. The number of amides is 1. The zero-order valence-electron chi connectivity index (χ0n) is 15.4. The van der Waals surface area contributed by atoms with Crippen molar-refractivity contribution >= 4 is 23.4 Å². The lowest BCUT2D eigenvalue weighted by atomic mass is 10.1. The number of rotatable bonds is 7. The number of hydrogen-bond acceptors (Lipinski definition) is 5. The number of thioether (sulfide) groups is 1. The molecule has 0 fully saturated rings. The number of benzene rings is 2. The molecule has 0 aliphatic carbocycles. The highest BCUT2D eigenvalue weighted by molar-refractivity contribution is 7.99. The summed E-state index contributed by atoms with van der Waals surface area (Å²) in [4.78, 5) is 12.2. The number of nitrogens with one attached hydrogen (secondary N) is 1. The first kappa shape index (κ1) is 19.1. The molecule has 0 aliphatic heterocycles. The predicted octanol–water partition coefficient (Wildman–Crippen LogP) is 2.94. The fraction of sp³-hybridized carbons (Fsp3) is 0.250. The molecule has 0 saturated heterocycles. The number of nitrogens with zero attached hydrogens (tertiary/aromatic N) is 2. The Kier molecular flexibility index (Phi) is 6.26. The van der Waals surface area contributed by atoms with Gasteiger partial charge < -0.3 is 15.5 Å². The van der Waals surface area contributed by atoms with Gasteiger partial charge in [-0.1, -0.05) is 54.2 Å². The summed E-state index contributed by atoms with van der Waals surface area (Å²) in [5.41, 5.74) is 8.30. The zero-order valence-corrected chi connectivity index (χ0v) is 16.3. The van der Waals surface area contributed by atoms with E-state index >= 15 is 0 Å². The average Bonchev–Trinajstić information content (AvgIpc) is 3.14. The Hall–Kier alpha value is -2.64. The monoisotopic (exact) mass is 383 g/mol. The molecule has 27 heavy (non-hydrogen) atoms. The highest BCUT2D eigenvalue weighted by Gasteiger charge is 2.19. The van der Waals surface area contributed by atoms with E-state index in [4.69, 9.17) is 4.42 Å². The standard InChI is InChI=1S/C20H22N4O2S/c1-13-7-6-10-17(14(13)2)22-18(25)12-27-20-24-23-19(26-20)16(21)11-15-8-4-3-5-9-15/h3-10,16H,11-12,21H2,1-2H3,(H,22,25)/p+1/t16-/m0/s1. The molecule has 1 heterocycles. The molecule has 140 valence electrons. The molecule has 7 heteroatoms. The van der Waals surface area contributed by atoms with Gasteiger partial charge in [0.2, 0.25) is 5.91 Å². The van der Waals surface area contributed by atoms with Crippen LogP contribution in [0.3, 0.4) is 0 Å². The molecule has 0 bridgehead atoms. The molecule has 2 aromatic carbocycles. The number of hydrogen-bond donors (Lipinski definition) is 2. The van der Waals surface area contributed by atoms with Crippen LogP contribution in [-0.2, 0) is 11.2 Å². The number of anilines is 1. The molecule has 3 rings (SSSR count). The quantitative estimate of drug-likeness (QED) is 0.612. The number of carbonyl (C=O) groups is 1. The number of carbonyl (C=O) groups excluding carboxylic acids is 1. The van der Waals surface area contributed by atoms with Crippen LogP contribution in [0.1, 0.15) is 28.6 Å². The lowest BCUT2D eigenvalue weighted by Gasteiger charge is -2.09. The Balaban J connectivity index is 1.53. The van der Waals surface area contributed by atoms with Crippen molar-refractivity contribution in [3.8, 4) is 0 Å². The third-order valence-corrected chi connectivity index (χ3v) is 5.12. The number of aromatic nitrogens is 2. The first-order chi connectivity index (χ1) is 13.0. The van der Waals surface area contributed by atoms with E-state index in [2.05, 4.69) is 21.2 Å². The molecule has 0 spiro atoms. The topological polar surface area (TPSA) is 95.7 Å². The largest absolute Gasteiger partial charge is 0.410 e. The lowest BCUT2D eigenvalue weighted by molar-refractivity contribution is -0.431. The molecule has 0 saturated carbocycles. The summed E-state index contributed by atoms with van der Waals surface area (Å²) in [6, 6.07) is 15.8. The summed E-state index contributed by atoms with van der Waals surface area (Å²) < 4.78 is 5.66. The summed E-state index contributed by atoms with van der Waals surface area (Å²) in [6.45, 7) is 4.01. The third-order valence-electron chi connectivity index (χ3n) is 4.30. The van der Waals surface area contributed by atoms with Gasteiger partial charge in [-0.2, -0.15) is 0 Å². The van der Waals surface area contributed by atoms with E-state index in [1.54, 1.807) is 0 Å². The van der Waals surface area contributed by atoms with Crippen LogP contribution in [0.5, 0.6) is 0 Å². The van der Waals surface area contributed by atoms with Crippen molar-refractivity contribution in [3.05, 3.63) is 71.1 Å². The fourth-order valence-electron chi connectivity index (χ4n) is 2.63. The molecule has 1 aromatic heterocycles. The summed E-state index contributed by atoms with van der Waals surface area (Å²) in [7, 11) is 0. The Bertz CT molecular complexity index is 911. The van der Waals surface area contributed by atoms with Crippen LogP contribution in [0, 0.1) is 13.8 Å². The molecule has 1 atom stereocenters. The molecular formula is C20H23N4O2S+. The van der Waals surface area contributed by atoms with E-state index in [-0.39, 0.29) is 17.7 Å². The van der Waals surface area contributed by atoms with Gasteiger partial charge in [-0.05, 0) is 36.6 Å². The normalized spacial score (nSPS) is 12.0. The average molecular weight is 383 g/mol. The molecule has 4 N–H and O–H groups in total. The van der Waals surface area contributed by atoms with Crippen LogP contribution in [0.2, 0.25) is 0 Å². The van der Waals surface area contributed by atoms with Crippen molar-refractivity contribution in [2.75, 3.05) is 11.1 Å². The van der Waals surface area contributed by atoms with E-state index in [0.717, 1.165) is 28.8 Å². The molecule has 6 nitrogen and oxygen atoms in total. The molecule has 0 aliphatic rings. The maximum absolute atomic E-state index is 12.2. The fourth-order valence-corrected chi connectivity index (χ4v) is 3.20. The van der Waals surface area contributed by atoms with E-state index in [9.17, 15) is 4.79 Å². The van der Waals surface area contributed by atoms with Gasteiger partial charge in [0.25, 0.3) is 11.1 Å². The van der Waals surface area contributed by atoms with E-state index in [0.29, 0.717) is 11.1 Å². The Morgan fingerprint density at radius 1 is 1.15 bits per heavy atom. The summed E-state index contributed by atoms with van der Waals surface area (Å²) in [6.07, 6.45) is 0.722. The maximum Gasteiger partial charge on any atom is 0.277 e. The predicted molar refractivity (Wildman–Crippen MR) is 105 cm³/mol. The van der Waals surface area contributed by atoms with Crippen LogP contribution in [0.4, 0.5) is 5.69 Å². The molecule has 0 unspecified atom stereocenters. The minimum Gasteiger partial charge on any atom is -0.410 e. The smallest absolute Gasteiger partial charge is 0.277 e. The van der Waals surface area contributed by atoms with Gasteiger partial charge in [-0.25, -0.2) is 0 Å². The minimum atomic E-state index is -0.127. The minimum absolute atomic E-state index is 0.107. The molecule has 0 radical (unpaired) electrons. The number of aryl methyl sites for hydroxylation is 1. The van der Waals surface area contributed by atoms with Crippen molar-refractivity contribution in [1.82, 2.24) is 10.2 Å². The summed E-state index contributed by atoms with van der Waals surface area (Å²) in [5.74, 6) is 0.579. The summed E-state index contributed by atoms with van der Waals surface area (Å²) in [5, 5.41) is 11.4. The van der Waals surface area contributed by atoms with Gasteiger partial charge in [0.15, 0.2) is 6.04 Å². The lowest BCUT2D eigenvalue weighted by Crippen LogP contribution is -2.54. The van der Waals surface area contributed by atoms with Crippen molar-refractivity contribution in [1.29, 1.82) is 0 Å². The zero-order chi connectivity index (χ0) is 19.2. The van der Waals surface area contributed by atoms with Gasteiger partial charge in [0.1, 0.15) is 0 Å². The van der Waals surface area contributed by atoms with E-state index in [1.165, 1.54) is 11.8 Å². The van der Waals surface area contributed by atoms with Gasteiger partial charge >= 0.3 is 0 Å². The first-order valence-corrected chi connectivity index (χ1v) is 9.70. The van der Waals surface area contributed by atoms with Crippen molar-refractivity contribution in [2.45, 2.75) is 31.5 Å². The second-order valence-electron chi connectivity index (χ2n) is 6.38. The Labute approximate surface area is 162 Å². The highest BCUT2D eigenvalue weighted by atomic mass is 32.2. The van der Waals surface area contributed by atoms with Crippen LogP contribution in [-0.4, -0.2) is 21.9 Å². The SMILES string of the molecule is Cc1cccc(NC(=O)CSc2nnc([C@@H]([NH3+])Cc3ccccc3)o2)c1C. The van der Waals surface area contributed by atoms with Crippen LogP contribution in [0.25, 0.3) is 0 Å². The molecule has 1 amide bonds. The van der Waals surface area contributed by atoms with Gasteiger partial charge in [-0.3, -0.25) is 4.79 Å². The Morgan fingerprint density at radius 2 is 1.93 bits per heavy atom. The van der Waals surface area contributed by atoms with Crippen LogP contribution >= 0.6 is 11.8 Å². The van der Waals surface area contributed by atoms with Crippen molar-refractivity contribution < 1.29 is 14.9 Å².